The number of halogens is 2. The molecule has 1 heterocycles. The maximum Gasteiger partial charge on any atom is 0.322 e. The first-order valence-electron chi connectivity index (χ1n) is 9.06. The van der Waals surface area contributed by atoms with Crippen molar-refractivity contribution in [3.8, 4) is 11.5 Å². The molecule has 0 saturated carbocycles. The molecule has 4 aromatic rings. The van der Waals surface area contributed by atoms with E-state index in [1.807, 2.05) is 30.3 Å². The lowest BCUT2D eigenvalue weighted by atomic mass is 10.1. The Morgan fingerprint density at radius 1 is 0.806 bits per heavy atom. The van der Waals surface area contributed by atoms with E-state index in [1.165, 1.54) is 18.2 Å². The molecule has 9 heteroatoms. The van der Waals surface area contributed by atoms with Crippen LogP contribution in [-0.2, 0) is 0 Å². The molecular formula is C22H14Cl2N4O3. The fourth-order valence-electron chi connectivity index (χ4n) is 2.75. The van der Waals surface area contributed by atoms with Crippen LogP contribution in [-0.4, -0.2) is 22.0 Å². The van der Waals surface area contributed by atoms with Crippen LogP contribution in [0.2, 0.25) is 10.0 Å². The monoisotopic (exact) mass is 452 g/mol. The predicted octanol–water partition coefficient (Wildman–Crippen LogP) is 5.55. The van der Waals surface area contributed by atoms with Crippen molar-refractivity contribution < 1.29 is 14.0 Å². The lowest BCUT2D eigenvalue weighted by Crippen LogP contribution is -2.15. The molecule has 154 valence electrons. The third-order valence-electron chi connectivity index (χ3n) is 4.22. The van der Waals surface area contributed by atoms with Crippen molar-refractivity contribution in [2.45, 2.75) is 0 Å². The average molecular weight is 453 g/mol. The van der Waals surface area contributed by atoms with E-state index >= 15 is 0 Å². The molecule has 3 aromatic carbocycles. The number of benzene rings is 3. The van der Waals surface area contributed by atoms with E-state index in [4.69, 9.17) is 27.6 Å². The van der Waals surface area contributed by atoms with Gasteiger partial charge >= 0.3 is 6.01 Å². The van der Waals surface area contributed by atoms with E-state index in [2.05, 4.69) is 20.8 Å². The number of carbonyl (C=O) groups excluding carboxylic acids is 2. The molecule has 0 radical (unpaired) electrons. The largest absolute Gasteiger partial charge is 0.403 e. The van der Waals surface area contributed by atoms with Crippen molar-refractivity contribution in [2.75, 3.05) is 10.6 Å². The summed E-state index contributed by atoms with van der Waals surface area (Å²) in [7, 11) is 0. The van der Waals surface area contributed by atoms with Gasteiger partial charge in [0.2, 0.25) is 5.89 Å². The summed E-state index contributed by atoms with van der Waals surface area (Å²) < 4.78 is 5.49. The van der Waals surface area contributed by atoms with Gasteiger partial charge in [-0.15, -0.1) is 5.10 Å². The standard InChI is InChI=1S/C22H14Cl2N4O3/c23-15-9-10-17(18(24)12-15)20(30)25-16-8-4-7-14(11-16)19(29)26-22-28-27-21(31-22)13-5-2-1-3-6-13/h1-12H,(H,25,30)(H,26,28,29). The number of anilines is 2. The van der Waals surface area contributed by atoms with Gasteiger partial charge < -0.3 is 9.73 Å². The molecule has 0 aliphatic carbocycles. The molecule has 0 bridgehead atoms. The maximum absolute atomic E-state index is 12.6. The van der Waals surface area contributed by atoms with Crippen molar-refractivity contribution in [3.63, 3.8) is 0 Å². The maximum atomic E-state index is 12.6. The van der Waals surface area contributed by atoms with Crippen molar-refractivity contribution in [3.05, 3.63) is 94.0 Å². The van der Waals surface area contributed by atoms with Gasteiger partial charge in [-0.1, -0.05) is 52.6 Å². The van der Waals surface area contributed by atoms with E-state index < -0.39 is 11.8 Å². The van der Waals surface area contributed by atoms with Gasteiger partial charge in [-0.3, -0.25) is 14.9 Å². The van der Waals surface area contributed by atoms with E-state index in [9.17, 15) is 9.59 Å². The molecule has 4 rings (SSSR count). The third-order valence-corrected chi connectivity index (χ3v) is 4.77. The minimum Gasteiger partial charge on any atom is -0.403 e. The second-order valence-electron chi connectivity index (χ2n) is 6.39. The Kier molecular flexibility index (Phi) is 5.97. The number of rotatable bonds is 5. The zero-order valence-corrected chi connectivity index (χ0v) is 17.3. The van der Waals surface area contributed by atoms with Crippen LogP contribution < -0.4 is 10.6 Å². The van der Waals surface area contributed by atoms with Gasteiger partial charge in [0.05, 0.1) is 10.6 Å². The molecular weight excluding hydrogens is 439 g/mol. The third kappa shape index (κ3) is 4.91. The lowest BCUT2D eigenvalue weighted by Gasteiger charge is -2.08. The second kappa shape index (κ2) is 8.99. The summed E-state index contributed by atoms with van der Waals surface area (Å²) >= 11 is 11.9. The number of carbonyl (C=O) groups is 2. The molecule has 7 nitrogen and oxygen atoms in total. The molecule has 31 heavy (non-hydrogen) atoms. The number of nitrogens with zero attached hydrogens (tertiary/aromatic N) is 2. The molecule has 0 unspecified atom stereocenters. The Morgan fingerprint density at radius 2 is 1.61 bits per heavy atom. The number of aromatic nitrogens is 2. The van der Waals surface area contributed by atoms with Gasteiger partial charge in [-0.2, -0.15) is 0 Å². The fraction of sp³-hybridized carbons (Fsp3) is 0. The first-order chi connectivity index (χ1) is 15.0. The highest BCUT2D eigenvalue weighted by Crippen LogP contribution is 2.23. The Labute approximate surface area is 187 Å². The summed E-state index contributed by atoms with van der Waals surface area (Å²) in [4.78, 5) is 25.1. The second-order valence-corrected chi connectivity index (χ2v) is 7.24. The fourth-order valence-corrected chi connectivity index (χ4v) is 3.24. The van der Waals surface area contributed by atoms with Crippen LogP contribution in [0.4, 0.5) is 11.7 Å². The minimum absolute atomic E-state index is 0.0359. The van der Waals surface area contributed by atoms with Crippen molar-refractivity contribution in [2.24, 2.45) is 0 Å². The molecule has 2 N–H and O–H groups in total. The number of nitrogens with one attached hydrogen (secondary N) is 2. The van der Waals surface area contributed by atoms with E-state index in [0.717, 1.165) is 5.56 Å². The van der Waals surface area contributed by atoms with Crippen LogP contribution in [0.25, 0.3) is 11.5 Å². The van der Waals surface area contributed by atoms with Gasteiger partial charge in [0, 0.05) is 21.8 Å². The smallest absolute Gasteiger partial charge is 0.322 e. The quantitative estimate of drug-likeness (QED) is 0.413. The van der Waals surface area contributed by atoms with Crippen LogP contribution in [0.5, 0.6) is 0 Å². The highest BCUT2D eigenvalue weighted by atomic mass is 35.5. The van der Waals surface area contributed by atoms with Crippen LogP contribution >= 0.6 is 23.2 Å². The Bertz CT molecular complexity index is 1260. The average Bonchev–Trinajstić information content (AvgIpc) is 3.23. The van der Waals surface area contributed by atoms with E-state index in [0.29, 0.717) is 16.3 Å². The molecule has 0 saturated heterocycles. The van der Waals surface area contributed by atoms with Crippen molar-refractivity contribution >= 4 is 46.7 Å². The molecule has 0 atom stereocenters. The summed E-state index contributed by atoms with van der Waals surface area (Å²) in [6, 6.07) is 20.1. The molecule has 2 amide bonds. The zero-order valence-electron chi connectivity index (χ0n) is 15.8. The SMILES string of the molecule is O=C(Nc1nnc(-c2ccccc2)o1)c1cccc(NC(=O)c2ccc(Cl)cc2Cl)c1. The number of hydrogen-bond donors (Lipinski definition) is 2. The Morgan fingerprint density at radius 3 is 2.39 bits per heavy atom. The Hall–Kier alpha value is -3.68. The highest BCUT2D eigenvalue weighted by Gasteiger charge is 2.15. The Balaban J connectivity index is 1.46. The van der Waals surface area contributed by atoms with Gasteiger partial charge in [-0.05, 0) is 48.5 Å². The molecule has 1 aromatic heterocycles. The van der Waals surface area contributed by atoms with Gasteiger partial charge in [0.15, 0.2) is 0 Å². The summed E-state index contributed by atoms with van der Waals surface area (Å²) in [6.07, 6.45) is 0. The molecule has 0 fully saturated rings. The van der Waals surface area contributed by atoms with Gasteiger partial charge in [0.25, 0.3) is 11.8 Å². The summed E-state index contributed by atoms with van der Waals surface area (Å²) in [5.41, 5.74) is 1.71. The predicted molar refractivity (Wildman–Crippen MR) is 119 cm³/mol. The topological polar surface area (TPSA) is 97.1 Å². The van der Waals surface area contributed by atoms with Gasteiger partial charge in [-0.25, -0.2) is 0 Å². The zero-order chi connectivity index (χ0) is 21.8. The number of amides is 2. The molecule has 0 aliphatic rings. The normalized spacial score (nSPS) is 10.5. The molecule has 0 aliphatic heterocycles. The summed E-state index contributed by atoms with van der Waals surface area (Å²) in [5, 5.41) is 13.7. The number of hydrogen-bond acceptors (Lipinski definition) is 5. The molecule has 0 spiro atoms. The first-order valence-corrected chi connectivity index (χ1v) is 9.82. The minimum atomic E-state index is -0.469. The van der Waals surface area contributed by atoms with Gasteiger partial charge in [0.1, 0.15) is 0 Å². The summed E-state index contributed by atoms with van der Waals surface area (Å²) in [6.45, 7) is 0. The summed E-state index contributed by atoms with van der Waals surface area (Å²) in [5.74, 6) is -0.607. The van der Waals surface area contributed by atoms with E-state index in [1.54, 1.807) is 24.3 Å². The highest BCUT2D eigenvalue weighted by molar-refractivity contribution is 6.37. The van der Waals surface area contributed by atoms with Crippen molar-refractivity contribution in [1.29, 1.82) is 0 Å². The first kappa shape index (κ1) is 20.6. The van der Waals surface area contributed by atoms with Crippen molar-refractivity contribution in [1.82, 2.24) is 10.2 Å². The van der Waals surface area contributed by atoms with Crippen LogP contribution in [0.3, 0.4) is 0 Å². The lowest BCUT2D eigenvalue weighted by molar-refractivity contribution is 0.101. The van der Waals surface area contributed by atoms with E-state index in [-0.39, 0.29) is 22.5 Å². The van der Waals surface area contributed by atoms with Crippen LogP contribution in [0, 0.1) is 0 Å². The van der Waals surface area contributed by atoms with Crippen LogP contribution in [0.15, 0.2) is 77.2 Å². The van der Waals surface area contributed by atoms with Crippen LogP contribution in [0.1, 0.15) is 20.7 Å².